The zero-order valence-electron chi connectivity index (χ0n) is 10.4. The van der Waals surface area contributed by atoms with Crippen LogP contribution in [-0.2, 0) is 0 Å². The molecule has 3 heteroatoms. The number of aryl methyl sites for hydroxylation is 2. The highest BCUT2D eigenvalue weighted by molar-refractivity contribution is 5.64. The van der Waals surface area contributed by atoms with Crippen LogP contribution in [0.5, 0.6) is 0 Å². The van der Waals surface area contributed by atoms with Crippen LogP contribution in [0.4, 0.5) is 17.2 Å². The van der Waals surface area contributed by atoms with Gasteiger partial charge in [0.15, 0.2) is 0 Å². The molecule has 0 amide bonds. The van der Waals surface area contributed by atoms with Crippen LogP contribution in [0.1, 0.15) is 11.1 Å². The number of hydrogen-bond acceptors (Lipinski definition) is 3. The normalized spacial score (nSPS) is 10.3. The molecule has 1 aromatic carbocycles. The van der Waals surface area contributed by atoms with Gasteiger partial charge in [-0.1, -0.05) is 12.1 Å². The lowest BCUT2D eigenvalue weighted by atomic mass is 10.2. The maximum absolute atomic E-state index is 5.90. The predicted octanol–water partition coefficient (Wildman–Crippen LogP) is 3.05. The average molecular weight is 227 g/mol. The fourth-order valence-corrected chi connectivity index (χ4v) is 1.68. The number of nitrogens with two attached hydrogens (primary N) is 1. The number of hydrogen-bond donors (Lipinski definition) is 1. The monoisotopic (exact) mass is 227 g/mol. The lowest BCUT2D eigenvalue weighted by Crippen LogP contribution is -2.11. The van der Waals surface area contributed by atoms with Crippen molar-refractivity contribution in [3.05, 3.63) is 47.7 Å². The van der Waals surface area contributed by atoms with Crippen molar-refractivity contribution in [2.75, 3.05) is 17.7 Å². The number of anilines is 3. The van der Waals surface area contributed by atoms with E-state index in [4.69, 9.17) is 5.73 Å². The van der Waals surface area contributed by atoms with Gasteiger partial charge >= 0.3 is 0 Å². The zero-order chi connectivity index (χ0) is 12.4. The van der Waals surface area contributed by atoms with E-state index < -0.39 is 0 Å². The van der Waals surface area contributed by atoms with E-state index in [0.717, 1.165) is 22.8 Å². The van der Waals surface area contributed by atoms with Gasteiger partial charge < -0.3 is 10.6 Å². The van der Waals surface area contributed by atoms with Crippen molar-refractivity contribution in [3.8, 4) is 0 Å². The third-order valence-corrected chi connectivity index (χ3v) is 2.86. The van der Waals surface area contributed by atoms with E-state index >= 15 is 0 Å². The second kappa shape index (κ2) is 4.45. The third-order valence-electron chi connectivity index (χ3n) is 2.86. The van der Waals surface area contributed by atoms with Crippen molar-refractivity contribution in [2.24, 2.45) is 0 Å². The Kier molecular flexibility index (Phi) is 3.00. The van der Waals surface area contributed by atoms with Crippen molar-refractivity contribution in [2.45, 2.75) is 13.8 Å². The molecule has 0 atom stereocenters. The molecule has 0 aliphatic heterocycles. The molecule has 17 heavy (non-hydrogen) atoms. The topological polar surface area (TPSA) is 42.1 Å². The van der Waals surface area contributed by atoms with Gasteiger partial charge in [-0.2, -0.15) is 0 Å². The second-order valence-electron chi connectivity index (χ2n) is 4.30. The van der Waals surface area contributed by atoms with Crippen LogP contribution in [0.2, 0.25) is 0 Å². The Morgan fingerprint density at radius 2 is 1.94 bits per heavy atom. The molecule has 0 spiro atoms. The largest absolute Gasteiger partial charge is 0.398 e. The Labute approximate surface area is 102 Å². The maximum Gasteiger partial charge on any atom is 0.134 e. The molecule has 0 fully saturated rings. The van der Waals surface area contributed by atoms with Crippen LogP contribution in [0.25, 0.3) is 0 Å². The summed E-state index contributed by atoms with van der Waals surface area (Å²) in [7, 11) is 1.99. The quantitative estimate of drug-likeness (QED) is 0.857. The van der Waals surface area contributed by atoms with Gasteiger partial charge in [-0.3, -0.25) is 0 Å². The highest BCUT2D eigenvalue weighted by Gasteiger charge is 2.06. The standard InChI is InChI=1S/C14H17N3/c1-10-5-4-6-12(7-10)17(3)14-8-13(15)11(2)9-16-14/h4-9H,1-3H3,(H2,15,16). The molecule has 1 aromatic heterocycles. The van der Waals surface area contributed by atoms with E-state index in [0.29, 0.717) is 0 Å². The van der Waals surface area contributed by atoms with Crippen molar-refractivity contribution in [1.29, 1.82) is 0 Å². The smallest absolute Gasteiger partial charge is 0.134 e. The molecule has 0 saturated heterocycles. The molecular weight excluding hydrogens is 210 g/mol. The molecular formula is C14H17N3. The Hall–Kier alpha value is -2.03. The van der Waals surface area contributed by atoms with Gasteiger partial charge in [0, 0.05) is 30.7 Å². The minimum absolute atomic E-state index is 0.773. The average Bonchev–Trinajstić information content (AvgIpc) is 2.32. The molecule has 3 nitrogen and oxygen atoms in total. The van der Waals surface area contributed by atoms with E-state index in [9.17, 15) is 0 Å². The Balaban J connectivity index is 2.36. The summed E-state index contributed by atoms with van der Waals surface area (Å²) in [6.07, 6.45) is 1.80. The summed E-state index contributed by atoms with van der Waals surface area (Å²) in [5.41, 5.74) is 10.0. The maximum atomic E-state index is 5.90. The minimum atomic E-state index is 0.773. The van der Waals surface area contributed by atoms with Crippen LogP contribution in [0, 0.1) is 13.8 Å². The number of benzene rings is 1. The van der Waals surface area contributed by atoms with Gasteiger partial charge in [-0.05, 0) is 37.1 Å². The first-order chi connectivity index (χ1) is 8.08. The number of nitrogen functional groups attached to an aromatic ring is 1. The fraction of sp³-hybridized carbons (Fsp3) is 0.214. The Morgan fingerprint density at radius 3 is 2.59 bits per heavy atom. The van der Waals surface area contributed by atoms with Gasteiger partial charge in [0.05, 0.1) is 0 Å². The number of rotatable bonds is 2. The van der Waals surface area contributed by atoms with Crippen LogP contribution in [-0.4, -0.2) is 12.0 Å². The van der Waals surface area contributed by atoms with Crippen molar-refractivity contribution in [1.82, 2.24) is 4.98 Å². The lowest BCUT2D eigenvalue weighted by molar-refractivity contribution is 1.11. The summed E-state index contributed by atoms with van der Waals surface area (Å²) in [6, 6.07) is 10.2. The summed E-state index contributed by atoms with van der Waals surface area (Å²) in [5.74, 6) is 0.860. The van der Waals surface area contributed by atoms with Gasteiger partial charge in [0.2, 0.25) is 0 Å². The van der Waals surface area contributed by atoms with E-state index in [1.807, 2.05) is 31.0 Å². The number of pyridine rings is 1. The molecule has 0 aliphatic carbocycles. The SMILES string of the molecule is Cc1cccc(N(C)c2cc(N)c(C)cn2)c1. The summed E-state index contributed by atoms with van der Waals surface area (Å²) < 4.78 is 0. The zero-order valence-corrected chi connectivity index (χ0v) is 10.4. The molecule has 2 aromatic rings. The molecule has 0 unspecified atom stereocenters. The van der Waals surface area contributed by atoms with Crippen molar-refractivity contribution < 1.29 is 0 Å². The van der Waals surface area contributed by atoms with Gasteiger partial charge in [-0.15, -0.1) is 0 Å². The van der Waals surface area contributed by atoms with Gasteiger partial charge in [-0.25, -0.2) is 4.98 Å². The van der Waals surface area contributed by atoms with E-state index in [-0.39, 0.29) is 0 Å². The van der Waals surface area contributed by atoms with Crippen molar-refractivity contribution in [3.63, 3.8) is 0 Å². The molecule has 0 aliphatic rings. The molecule has 2 N–H and O–H groups in total. The van der Waals surface area contributed by atoms with Crippen LogP contribution < -0.4 is 10.6 Å². The summed E-state index contributed by atoms with van der Waals surface area (Å²) in [4.78, 5) is 6.42. The number of aromatic nitrogens is 1. The van der Waals surface area contributed by atoms with E-state index in [1.165, 1.54) is 5.56 Å². The fourth-order valence-electron chi connectivity index (χ4n) is 1.68. The van der Waals surface area contributed by atoms with Crippen LogP contribution in [0.3, 0.4) is 0 Å². The highest BCUT2D eigenvalue weighted by Crippen LogP contribution is 2.24. The molecule has 88 valence electrons. The Morgan fingerprint density at radius 1 is 1.18 bits per heavy atom. The first-order valence-electron chi connectivity index (χ1n) is 5.60. The number of nitrogens with zero attached hydrogens (tertiary/aromatic N) is 2. The lowest BCUT2D eigenvalue weighted by Gasteiger charge is -2.19. The first-order valence-corrected chi connectivity index (χ1v) is 5.60. The molecule has 2 rings (SSSR count). The van der Waals surface area contributed by atoms with Crippen LogP contribution >= 0.6 is 0 Å². The van der Waals surface area contributed by atoms with E-state index in [1.54, 1.807) is 6.20 Å². The van der Waals surface area contributed by atoms with Gasteiger partial charge in [0.1, 0.15) is 5.82 Å². The first kappa shape index (κ1) is 11.5. The van der Waals surface area contributed by atoms with Crippen LogP contribution in [0.15, 0.2) is 36.5 Å². The summed E-state index contributed by atoms with van der Waals surface area (Å²) in [6.45, 7) is 4.03. The van der Waals surface area contributed by atoms with Gasteiger partial charge in [0.25, 0.3) is 0 Å². The third kappa shape index (κ3) is 2.38. The molecule has 0 radical (unpaired) electrons. The summed E-state index contributed by atoms with van der Waals surface area (Å²) >= 11 is 0. The predicted molar refractivity (Wildman–Crippen MR) is 72.6 cm³/mol. The second-order valence-corrected chi connectivity index (χ2v) is 4.30. The molecule has 1 heterocycles. The highest BCUT2D eigenvalue weighted by atomic mass is 15.2. The molecule has 0 bridgehead atoms. The summed E-state index contributed by atoms with van der Waals surface area (Å²) in [5, 5.41) is 0. The van der Waals surface area contributed by atoms with E-state index in [2.05, 4.69) is 30.1 Å². The minimum Gasteiger partial charge on any atom is -0.398 e. The molecule has 0 saturated carbocycles. The Bertz CT molecular complexity index is 535. The van der Waals surface area contributed by atoms with Crippen molar-refractivity contribution >= 4 is 17.2 Å².